The molecule has 2 aliphatic rings. The molecule has 2 fully saturated rings. The van der Waals surface area contributed by atoms with E-state index in [1.54, 1.807) is 36.4 Å². The maximum atomic E-state index is 13.5. The number of sulfone groups is 1. The number of nitrogens with one attached hydrogen (secondary N) is 2. The van der Waals surface area contributed by atoms with Gasteiger partial charge in [0.15, 0.2) is 10.3 Å². The first-order valence-electron chi connectivity index (χ1n) is 13.5. The van der Waals surface area contributed by atoms with Gasteiger partial charge in [-0.15, -0.1) is 0 Å². The van der Waals surface area contributed by atoms with Crippen molar-refractivity contribution in [2.45, 2.75) is 74.0 Å². The van der Waals surface area contributed by atoms with Crippen molar-refractivity contribution in [2.24, 2.45) is 11.8 Å². The maximum Gasteiger partial charge on any atom is 0.229 e. The van der Waals surface area contributed by atoms with Crippen molar-refractivity contribution in [3.8, 4) is 0 Å². The number of carbonyl (C=O) groups is 2. The fraction of sp³-hybridized carbons (Fsp3) is 0.429. The first-order valence-corrected chi connectivity index (χ1v) is 16.7. The number of benzene rings is 2. The number of hydrogen-bond acceptors (Lipinski definition) is 8. The molecule has 8 nitrogen and oxygen atoms in total. The molecule has 0 aliphatic heterocycles. The van der Waals surface area contributed by atoms with Crippen LogP contribution in [0, 0.1) is 11.8 Å². The zero-order chi connectivity index (χ0) is 27.0. The van der Waals surface area contributed by atoms with Crippen LogP contribution in [0.3, 0.4) is 0 Å². The van der Waals surface area contributed by atoms with E-state index in [-0.39, 0.29) is 33.4 Å². The van der Waals surface area contributed by atoms with Gasteiger partial charge in [0.1, 0.15) is 0 Å². The van der Waals surface area contributed by atoms with E-state index in [9.17, 15) is 18.0 Å². The Morgan fingerprint density at radius 1 is 0.667 bits per heavy atom. The molecule has 2 aliphatic carbocycles. The van der Waals surface area contributed by atoms with Gasteiger partial charge in [-0.05, 0) is 62.1 Å². The molecular formula is C28H30N4O4S3. The fourth-order valence-corrected chi connectivity index (χ4v) is 8.81. The van der Waals surface area contributed by atoms with Crippen molar-refractivity contribution < 1.29 is 18.0 Å². The highest BCUT2D eigenvalue weighted by Gasteiger charge is 2.25. The molecule has 0 atom stereocenters. The molecule has 0 bridgehead atoms. The van der Waals surface area contributed by atoms with Crippen LogP contribution in [0.15, 0.2) is 46.2 Å². The minimum Gasteiger partial charge on any atom is -0.302 e. The van der Waals surface area contributed by atoms with Crippen LogP contribution in [0.25, 0.3) is 20.4 Å². The van der Waals surface area contributed by atoms with Crippen molar-refractivity contribution in [1.82, 2.24) is 9.97 Å². The Balaban J connectivity index is 1.20. The molecule has 4 aromatic rings. The summed E-state index contributed by atoms with van der Waals surface area (Å²) in [4.78, 5) is 34.6. The second-order valence-electron chi connectivity index (χ2n) is 10.4. The second kappa shape index (κ2) is 10.9. The zero-order valence-electron chi connectivity index (χ0n) is 21.4. The summed E-state index contributed by atoms with van der Waals surface area (Å²) in [6.07, 6.45) is 10.2. The molecule has 0 spiro atoms. The van der Waals surface area contributed by atoms with Gasteiger partial charge in [0.25, 0.3) is 0 Å². The van der Waals surface area contributed by atoms with Gasteiger partial charge in [0.2, 0.25) is 21.7 Å². The van der Waals surface area contributed by atoms with Crippen LogP contribution >= 0.6 is 22.7 Å². The number of nitrogens with zero attached hydrogens (tertiary/aromatic N) is 2. The molecule has 0 unspecified atom stereocenters. The average Bonchev–Trinajstić information content (AvgIpc) is 3.55. The SMILES string of the molecule is O=C(Nc1nc2ccc(S(=O)(=O)c3ccc4nc(NC(=O)C5CCCCC5)sc4c3)cc2s1)C1CCCCC1. The van der Waals surface area contributed by atoms with E-state index in [1.807, 2.05) is 0 Å². The summed E-state index contributed by atoms with van der Waals surface area (Å²) < 4.78 is 28.5. The van der Waals surface area contributed by atoms with Gasteiger partial charge in [-0.1, -0.05) is 61.2 Å². The standard InChI is InChI=1S/C28H30N4O4S3/c33-25(17-7-3-1-4-8-17)31-27-29-21-13-11-19(15-23(21)37-27)39(35,36)20-12-14-22-24(16-20)38-28(30-22)32-26(34)18-9-5-2-6-10-18/h11-18H,1-10H2,(H,29,31,33)(H,30,32,34). The number of carbonyl (C=O) groups excluding carboxylic acids is 2. The summed E-state index contributed by atoms with van der Waals surface area (Å²) in [5, 5.41) is 6.84. The normalized spacial score (nSPS) is 17.4. The van der Waals surface area contributed by atoms with Crippen molar-refractivity contribution >= 4 is 75.0 Å². The summed E-state index contributed by atoms with van der Waals surface area (Å²) in [5.74, 6) is 0.0245. The summed E-state index contributed by atoms with van der Waals surface area (Å²) >= 11 is 2.57. The fourth-order valence-electron chi connectivity index (χ4n) is 5.53. The molecule has 2 heterocycles. The van der Waals surface area contributed by atoms with Crippen LogP contribution in [0.1, 0.15) is 64.2 Å². The third-order valence-electron chi connectivity index (χ3n) is 7.75. The summed E-state index contributed by atoms with van der Waals surface area (Å²) in [5.41, 5.74) is 1.29. The summed E-state index contributed by atoms with van der Waals surface area (Å²) in [6, 6.07) is 9.70. The first-order chi connectivity index (χ1) is 18.9. The van der Waals surface area contributed by atoms with Crippen molar-refractivity contribution in [3.63, 3.8) is 0 Å². The predicted octanol–water partition coefficient (Wildman–Crippen LogP) is 6.78. The molecule has 0 radical (unpaired) electrons. The van der Waals surface area contributed by atoms with Crippen LogP contribution in [0.5, 0.6) is 0 Å². The molecule has 2 amide bonds. The number of anilines is 2. The van der Waals surface area contributed by atoms with Gasteiger partial charge < -0.3 is 10.6 Å². The van der Waals surface area contributed by atoms with Gasteiger partial charge in [-0.25, -0.2) is 18.4 Å². The Morgan fingerprint density at radius 3 is 1.49 bits per heavy atom. The van der Waals surface area contributed by atoms with Gasteiger partial charge in [0.05, 0.1) is 30.2 Å². The number of rotatable bonds is 6. The van der Waals surface area contributed by atoms with E-state index in [0.29, 0.717) is 30.7 Å². The third-order valence-corrected chi connectivity index (χ3v) is 11.4. The molecule has 2 N–H and O–H groups in total. The van der Waals surface area contributed by atoms with Gasteiger partial charge >= 0.3 is 0 Å². The lowest BCUT2D eigenvalue weighted by Gasteiger charge is -2.19. The van der Waals surface area contributed by atoms with Crippen LogP contribution < -0.4 is 10.6 Å². The first kappa shape index (κ1) is 26.3. The molecule has 2 aromatic heterocycles. The number of fused-ring (bicyclic) bond motifs is 2. The molecule has 39 heavy (non-hydrogen) atoms. The predicted molar refractivity (Wildman–Crippen MR) is 155 cm³/mol. The van der Waals surface area contributed by atoms with Gasteiger partial charge in [-0.2, -0.15) is 0 Å². The Kier molecular flexibility index (Phi) is 7.39. The quantitative estimate of drug-likeness (QED) is 0.259. The number of thiazole rings is 2. The molecule has 2 aromatic carbocycles. The van der Waals surface area contributed by atoms with Crippen LogP contribution in [0.2, 0.25) is 0 Å². The molecule has 2 saturated carbocycles. The third kappa shape index (κ3) is 5.57. The van der Waals surface area contributed by atoms with Crippen molar-refractivity contribution in [3.05, 3.63) is 36.4 Å². The van der Waals surface area contributed by atoms with E-state index in [0.717, 1.165) is 51.4 Å². The van der Waals surface area contributed by atoms with E-state index in [1.165, 1.54) is 35.5 Å². The molecular weight excluding hydrogens is 553 g/mol. The molecule has 0 saturated heterocycles. The molecule has 11 heteroatoms. The summed E-state index contributed by atoms with van der Waals surface area (Å²) in [6.45, 7) is 0. The monoisotopic (exact) mass is 582 g/mol. The minimum atomic E-state index is -3.80. The smallest absolute Gasteiger partial charge is 0.229 e. The van der Waals surface area contributed by atoms with Gasteiger partial charge in [-0.3, -0.25) is 9.59 Å². The maximum absolute atomic E-state index is 13.5. The van der Waals surface area contributed by atoms with E-state index in [2.05, 4.69) is 20.6 Å². The minimum absolute atomic E-state index is 0.00578. The Morgan fingerprint density at radius 2 is 1.08 bits per heavy atom. The highest BCUT2D eigenvalue weighted by Crippen LogP contribution is 2.34. The van der Waals surface area contributed by atoms with E-state index < -0.39 is 9.84 Å². The topological polar surface area (TPSA) is 118 Å². The van der Waals surface area contributed by atoms with Crippen molar-refractivity contribution in [2.75, 3.05) is 10.6 Å². The number of aromatic nitrogens is 2. The zero-order valence-corrected chi connectivity index (χ0v) is 23.9. The van der Waals surface area contributed by atoms with Crippen molar-refractivity contribution in [1.29, 1.82) is 0 Å². The molecule has 6 rings (SSSR count). The Bertz CT molecular complexity index is 1530. The lowest BCUT2D eigenvalue weighted by molar-refractivity contribution is -0.121. The average molecular weight is 583 g/mol. The molecule has 204 valence electrons. The number of hydrogen-bond donors (Lipinski definition) is 2. The lowest BCUT2D eigenvalue weighted by atomic mass is 9.89. The Hall–Kier alpha value is -2.89. The summed E-state index contributed by atoms with van der Waals surface area (Å²) in [7, 11) is -3.80. The largest absolute Gasteiger partial charge is 0.302 e. The van der Waals surface area contributed by atoms with Gasteiger partial charge in [0, 0.05) is 11.8 Å². The van der Waals surface area contributed by atoms with Crippen LogP contribution in [-0.4, -0.2) is 30.2 Å². The number of amides is 2. The van der Waals surface area contributed by atoms with E-state index in [4.69, 9.17) is 0 Å². The van der Waals surface area contributed by atoms with Crippen LogP contribution in [-0.2, 0) is 19.4 Å². The highest BCUT2D eigenvalue weighted by molar-refractivity contribution is 7.91. The Labute approximate surface area is 235 Å². The van der Waals surface area contributed by atoms with E-state index >= 15 is 0 Å². The second-order valence-corrected chi connectivity index (χ2v) is 14.5. The van der Waals surface area contributed by atoms with Crippen LogP contribution in [0.4, 0.5) is 10.3 Å². The lowest BCUT2D eigenvalue weighted by Crippen LogP contribution is -2.24. The highest BCUT2D eigenvalue weighted by atomic mass is 32.2.